The fourth-order valence-electron chi connectivity index (χ4n) is 0.765. The molecule has 0 radical (unpaired) electrons. The third-order valence-electron chi connectivity index (χ3n) is 1.28. The first kappa shape index (κ1) is 14.0. The molecule has 1 heterocycles. The number of nitrogens with two attached hydrogens (primary N) is 1. The summed E-state index contributed by atoms with van der Waals surface area (Å²) in [5.41, 5.74) is 6.31. The number of hydrogen-bond donors (Lipinski definition) is 2. The van der Waals surface area contributed by atoms with E-state index in [1.165, 1.54) is 6.07 Å². The van der Waals surface area contributed by atoms with Gasteiger partial charge in [-0.2, -0.15) is 0 Å². The molecule has 0 saturated heterocycles. The maximum atomic E-state index is 10.5. The van der Waals surface area contributed by atoms with Gasteiger partial charge in [0.25, 0.3) is 0 Å². The monoisotopic (exact) mass is 210 g/mol. The summed E-state index contributed by atoms with van der Waals surface area (Å²) in [6.07, 6.45) is 2.51. The van der Waals surface area contributed by atoms with Crippen LogP contribution in [0.5, 0.6) is 0 Å². The van der Waals surface area contributed by atoms with Gasteiger partial charge in [0.15, 0.2) is 0 Å². The number of halogens is 2. The lowest BCUT2D eigenvalue weighted by Gasteiger charge is -1.94. The van der Waals surface area contributed by atoms with Crippen LogP contribution in [0.4, 0.5) is 0 Å². The maximum Gasteiger partial charge on any atom is 0.247 e. The Balaban J connectivity index is 0. The number of pyridine rings is 1. The largest absolute Gasteiger partial charge is 0.330 e. The molecule has 0 aliphatic heterocycles. The standard InChI is InChI=1S/C7H10N2O.2ClH/c8-4-3-6-1-2-7(10)9-5-6;;/h1-2,5H,3-4,8H2,(H,9,10);2*1H. The second-order valence-corrected chi connectivity index (χ2v) is 2.10. The highest BCUT2D eigenvalue weighted by atomic mass is 35.5. The molecule has 0 aliphatic rings. The van der Waals surface area contributed by atoms with Crippen molar-refractivity contribution in [3.63, 3.8) is 0 Å². The van der Waals surface area contributed by atoms with Gasteiger partial charge in [-0.25, -0.2) is 0 Å². The summed E-state index contributed by atoms with van der Waals surface area (Å²) in [5, 5.41) is 0. The van der Waals surface area contributed by atoms with E-state index < -0.39 is 0 Å². The third-order valence-corrected chi connectivity index (χ3v) is 1.28. The Morgan fingerprint density at radius 1 is 1.33 bits per heavy atom. The summed E-state index contributed by atoms with van der Waals surface area (Å²) in [7, 11) is 0. The molecule has 0 fully saturated rings. The average Bonchev–Trinajstić information content (AvgIpc) is 1.95. The highest BCUT2D eigenvalue weighted by Crippen LogP contribution is 1.91. The normalized spacial score (nSPS) is 8.08. The molecule has 3 nitrogen and oxygen atoms in total. The molecule has 70 valence electrons. The molecule has 1 aromatic rings. The SMILES string of the molecule is Cl.Cl.NCCc1ccc(=O)[nH]c1. The number of H-pyrrole nitrogens is 1. The van der Waals surface area contributed by atoms with Crippen molar-refractivity contribution in [2.45, 2.75) is 6.42 Å². The quantitative estimate of drug-likeness (QED) is 0.757. The molecule has 0 atom stereocenters. The number of nitrogens with one attached hydrogen (secondary N) is 1. The van der Waals surface area contributed by atoms with Gasteiger partial charge in [0, 0.05) is 12.3 Å². The molecule has 12 heavy (non-hydrogen) atoms. The zero-order valence-corrected chi connectivity index (χ0v) is 8.08. The van der Waals surface area contributed by atoms with E-state index in [-0.39, 0.29) is 30.4 Å². The Labute approximate surface area is 83.2 Å². The predicted octanol–water partition coefficient (Wildman–Crippen LogP) is 0.720. The fourth-order valence-corrected chi connectivity index (χ4v) is 0.765. The first-order chi connectivity index (χ1) is 4.83. The van der Waals surface area contributed by atoms with Crippen LogP contribution in [-0.2, 0) is 6.42 Å². The minimum absolute atomic E-state index is 0. The van der Waals surface area contributed by atoms with E-state index in [0.29, 0.717) is 6.54 Å². The van der Waals surface area contributed by atoms with Gasteiger partial charge in [-0.1, -0.05) is 6.07 Å². The van der Waals surface area contributed by atoms with E-state index >= 15 is 0 Å². The molecule has 0 aromatic carbocycles. The summed E-state index contributed by atoms with van der Waals surface area (Å²) < 4.78 is 0. The predicted molar refractivity (Wildman–Crippen MR) is 54.3 cm³/mol. The van der Waals surface area contributed by atoms with Gasteiger partial charge in [0.1, 0.15) is 0 Å². The van der Waals surface area contributed by atoms with E-state index in [1.807, 2.05) is 0 Å². The molecule has 0 saturated carbocycles. The van der Waals surface area contributed by atoms with Gasteiger partial charge < -0.3 is 10.7 Å². The Hall–Kier alpha value is -0.510. The van der Waals surface area contributed by atoms with E-state index in [2.05, 4.69) is 4.98 Å². The summed E-state index contributed by atoms with van der Waals surface area (Å²) in [5.74, 6) is 0. The minimum Gasteiger partial charge on any atom is -0.330 e. The molecular weight excluding hydrogens is 199 g/mol. The van der Waals surface area contributed by atoms with Crippen LogP contribution in [-0.4, -0.2) is 11.5 Å². The molecule has 1 aromatic heterocycles. The lowest BCUT2D eigenvalue weighted by Crippen LogP contribution is -2.07. The Morgan fingerprint density at radius 2 is 2.00 bits per heavy atom. The van der Waals surface area contributed by atoms with Crippen LogP contribution >= 0.6 is 24.8 Å². The van der Waals surface area contributed by atoms with E-state index in [0.717, 1.165) is 12.0 Å². The van der Waals surface area contributed by atoms with Gasteiger partial charge >= 0.3 is 0 Å². The van der Waals surface area contributed by atoms with Crippen molar-refractivity contribution < 1.29 is 0 Å². The molecule has 0 spiro atoms. The Morgan fingerprint density at radius 3 is 2.42 bits per heavy atom. The molecule has 5 heteroatoms. The van der Waals surface area contributed by atoms with Gasteiger partial charge in [-0.15, -0.1) is 24.8 Å². The van der Waals surface area contributed by atoms with Gasteiger partial charge in [-0.05, 0) is 18.5 Å². The van der Waals surface area contributed by atoms with Gasteiger partial charge in [0.05, 0.1) is 0 Å². The molecule has 0 amide bonds. The number of aromatic amines is 1. The first-order valence-electron chi connectivity index (χ1n) is 3.20. The van der Waals surface area contributed by atoms with Crippen LogP contribution in [0.1, 0.15) is 5.56 Å². The molecule has 1 rings (SSSR count). The molecule has 0 aliphatic carbocycles. The van der Waals surface area contributed by atoms with Gasteiger partial charge in [-0.3, -0.25) is 4.79 Å². The van der Waals surface area contributed by atoms with E-state index in [9.17, 15) is 4.79 Å². The summed E-state index contributed by atoms with van der Waals surface area (Å²) in [6, 6.07) is 3.29. The van der Waals surface area contributed by atoms with Crippen LogP contribution in [0.15, 0.2) is 23.1 Å². The van der Waals surface area contributed by atoms with Crippen molar-refractivity contribution in [2.24, 2.45) is 5.73 Å². The second kappa shape index (κ2) is 7.16. The molecule has 0 unspecified atom stereocenters. The van der Waals surface area contributed by atoms with Crippen molar-refractivity contribution >= 4 is 24.8 Å². The van der Waals surface area contributed by atoms with Crippen molar-refractivity contribution in [3.05, 3.63) is 34.2 Å². The topological polar surface area (TPSA) is 58.9 Å². The lowest BCUT2D eigenvalue weighted by atomic mass is 10.2. The van der Waals surface area contributed by atoms with E-state index in [1.54, 1.807) is 12.3 Å². The third kappa shape index (κ3) is 4.38. The second-order valence-electron chi connectivity index (χ2n) is 2.10. The zero-order valence-electron chi connectivity index (χ0n) is 6.45. The van der Waals surface area contributed by atoms with Crippen molar-refractivity contribution in [3.8, 4) is 0 Å². The van der Waals surface area contributed by atoms with Crippen LogP contribution in [0.3, 0.4) is 0 Å². The minimum atomic E-state index is -0.0687. The number of hydrogen-bond acceptors (Lipinski definition) is 2. The average molecular weight is 211 g/mol. The maximum absolute atomic E-state index is 10.5. The van der Waals surface area contributed by atoms with Crippen LogP contribution in [0.25, 0.3) is 0 Å². The van der Waals surface area contributed by atoms with Crippen LogP contribution in [0.2, 0.25) is 0 Å². The molecule has 0 bridgehead atoms. The summed E-state index contributed by atoms with van der Waals surface area (Å²) in [4.78, 5) is 13.1. The zero-order chi connectivity index (χ0) is 7.40. The highest BCUT2D eigenvalue weighted by molar-refractivity contribution is 5.85. The summed E-state index contributed by atoms with van der Waals surface area (Å²) >= 11 is 0. The van der Waals surface area contributed by atoms with Crippen molar-refractivity contribution in [1.82, 2.24) is 4.98 Å². The van der Waals surface area contributed by atoms with Crippen molar-refractivity contribution in [2.75, 3.05) is 6.54 Å². The van der Waals surface area contributed by atoms with E-state index in [4.69, 9.17) is 5.73 Å². The smallest absolute Gasteiger partial charge is 0.247 e. The Kier molecular flexibility index (Phi) is 8.37. The highest BCUT2D eigenvalue weighted by Gasteiger charge is 1.88. The lowest BCUT2D eigenvalue weighted by molar-refractivity contribution is 0.954. The number of aromatic nitrogens is 1. The molecular formula is C7H12Cl2N2O. The van der Waals surface area contributed by atoms with Gasteiger partial charge in [0.2, 0.25) is 5.56 Å². The fraction of sp³-hybridized carbons (Fsp3) is 0.286. The Bertz CT molecular complexity index is 241. The van der Waals surface area contributed by atoms with Crippen molar-refractivity contribution in [1.29, 1.82) is 0 Å². The summed E-state index contributed by atoms with van der Waals surface area (Å²) in [6.45, 7) is 0.617. The van der Waals surface area contributed by atoms with Crippen LogP contribution in [0, 0.1) is 0 Å². The van der Waals surface area contributed by atoms with Crippen LogP contribution < -0.4 is 11.3 Å². The molecule has 3 N–H and O–H groups in total. The number of rotatable bonds is 2. The first-order valence-corrected chi connectivity index (χ1v) is 3.20.